The Bertz CT molecular complexity index is 537. The van der Waals surface area contributed by atoms with Crippen LogP contribution < -0.4 is 5.73 Å². The average Bonchev–Trinajstić information content (AvgIpc) is 2.78. The van der Waals surface area contributed by atoms with Crippen molar-refractivity contribution in [2.45, 2.75) is 26.9 Å². The summed E-state index contributed by atoms with van der Waals surface area (Å²) in [7, 11) is 0. The van der Waals surface area contributed by atoms with E-state index in [1.54, 1.807) is 0 Å². The lowest BCUT2D eigenvalue weighted by Crippen LogP contribution is -2.01. The van der Waals surface area contributed by atoms with Crippen LogP contribution in [0.15, 0.2) is 22.7 Å². The molecule has 1 heterocycles. The number of aryl methyl sites for hydroxylation is 1. The van der Waals surface area contributed by atoms with Gasteiger partial charge in [0, 0.05) is 17.9 Å². The molecule has 2 aromatic rings. The molecule has 0 amide bonds. The maximum atomic E-state index is 5.71. The fraction of sp³-hybridized carbons (Fsp3) is 0.385. The number of rotatable bonds is 4. The number of benzene rings is 1. The maximum Gasteiger partial charge on any atom is 0.258 e. The van der Waals surface area contributed by atoms with Crippen molar-refractivity contribution in [3.8, 4) is 11.5 Å². The fourth-order valence-corrected chi connectivity index (χ4v) is 1.76. The Hall–Kier alpha value is -1.88. The Kier molecular flexibility index (Phi) is 3.62. The number of hydrogen-bond acceptors (Lipinski definition) is 5. The molecular weight excluding hydrogens is 230 g/mol. The van der Waals surface area contributed by atoms with Crippen molar-refractivity contribution >= 4 is 5.69 Å². The third-order valence-corrected chi connectivity index (χ3v) is 2.70. The third kappa shape index (κ3) is 2.51. The number of aromatic nitrogens is 2. The number of nitrogens with two attached hydrogens (primary N) is 1. The lowest BCUT2D eigenvalue weighted by Gasteiger charge is -2.05. The van der Waals surface area contributed by atoms with Gasteiger partial charge in [-0.3, -0.25) is 0 Å². The summed E-state index contributed by atoms with van der Waals surface area (Å²) in [4.78, 5) is 4.35. The zero-order chi connectivity index (χ0) is 13.1. The van der Waals surface area contributed by atoms with E-state index in [-0.39, 0.29) is 6.10 Å². The van der Waals surface area contributed by atoms with E-state index in [1.807, 2.05) is 39.0 Å². The summed E-state index contributed by atoms with van der Waals surface area (Å²) in [5.74, 6) is 1.05. The normalized spacial score (nSPS) is 12.6. The molecule has 18 heavy (non-hydrogen) atoms. The molecule has 1 atom stereocenters. The number of nitrogen functional groups attached to an aromatic ring is 1. The van der Waals surface area contributed by atoms with Crippen molar-refractivity contribution < 1.29 is 9.26 Å². The molecule has 1 aromatic carbocycles. The van der Waals surface area contributed by atoms with Gasteiger partial charge < -0.3 is 15.0 Å². The molecular formula is C13H17N3O2. The van der Waals surface area contributed by atoms with Gasteiger partial charge in [-0.2, -0.15) is 4.98 Å². The topological polar surface area (TPSA) is 74.2 Å². The second-order valence-electron chi connectivity index (χ2n) is 4.13. The van der Waals surface area contributed by atoms with Crippen molar-refractivity contribution in [1.29, 1.82) is 0 Å². The second-order valence-corrected chi connectivity index (χ2v) is 4.13. The van der Waals surface area contributed by atoms with Crippen molar-refractivity contribution in [3.63, 3.8) is 0 Å². The predicted molar refractivity (Wildman–Crippen MR) is 68.9 cm³/mol. The zero-order valence-electron chi connectivity index (χ0n) is 10.8. The minimum absolute atomic E-state index is 0.165. The van der Waals surface area contributed by atoms with Gasteiger partial charge >= 0.3 is 0 Å². The van der Waals surface area contributed by atoms with E-state index in [0.717, 1.165) is 16.8 Å². The zero-order valence-corrected chi connectivity index (χ0v) is 10.8. The first kappa shape index (κ1) is 12.6. The minimum atomic E-state index is -0.165. The highest BCUT2D eigenvalue weighted by atomic mass is 16.5. The molecule has 5 heteroatoms. The molecule has 0 fully saturated rings. The van der Waals surface area contributed by atoms with E-state index in [4.69, 9.17) is 15.0 Å². The van der Waals surface area contributed by atoms with E-state index < -0.39 is 0 Å². The van der Waals surface area contributed by atoms with Gasteiger partial charge in [0.1, 0.15) is 6.10 Å². The molecule has 0 aliphatic rings. The standard InChI is InChI=1S/C13H17N3O2/c1-4-17-9(3)12-15-13(18-16-12)11-6-5-10(14)7-8(11)2/h5-7,9H,4,14H2,1-3H3. The van der Waals surface area contributed by atoms with Crippen molar-refractivity contribution in [3.05, 3.63) is 29.6 Å². The Morgan fingerprint density at radius 1 is 1.44 bits per heavy atom. The van der Waals surface area contributed by atoms with Gasteiger partial charge in [-0.15, -0.1) is 0 Å². The Balaban J connectivity index is 2.29. The lowest BCUT2D eigenvalue weighted by molar-refractivity contribution is 0.0683. The van der Waals surface area contributed by atoms with Crippen molar-refractivity contribution in [2.24, 2.45) is 0 Å². The Morgan fingerprint density at radius 3 is 2.89 bits per heavy atom. The first-order valence-electron chi connectivity index (χ1n) is 5.93. The maximum absolute atomic E-state index is 5.71. The first-order valence-corrected chi connectivity index (χ1v) is 5.93. The van der Waals surface area contributed by atoms with Gasteiger partial charge in [-0.05, 0) is 44.5 Å². The van der Waals surface area contributed by atoms with Gasteiger partial charge in [-0.25, -0.2) is 0 Å². The van der Waals surface area contributed by atoms with Crippen LogP contribution in [0.2, 0.25) is 0 Å². The number of anilines is 1. The van der Waals surface area contributed by atoms with Crippen LogP contribution in [-0.2, 0) is 4.74 Å². The Morgan fingerprint density at radius 2 is 2.22 bits per heavy atom. The molecule has 2 rings (SSSR count). The summed E-state index contributed by atoms with van der Waals surface area (Å²) in [6, 6.07) is 5.58. The molecule has 0 bridgehead atoms. The molecule has 0 spiro atoms. The molecule has 0 saturated carbocycles. The number of hydrogen-bond donors (Lipinski definition) is 1. The largest absolute Gasteiger partial charge is 0.399 e. The van der Waals surface area contributed by atoms with E-state index in [2.05, 4.69) is 10.1 Å². The molecule has 2 N–H and O–H groups in total. The van der Waals surface area contributed by atoms with Crippen LogP contribution in [0.4, 0.5) is 5.69 Å². The lowest BCUT2D eigenvalue weighted by atomic mass is 10.1. The SMILES string of the molecule is CCOC(C)c1noc(-c2ccc(N)cc2C)n1. The number of nitrogens with zero attached hydrogens (tertiary/aromatic N) is 2. The molecule has 0 radical (unpaired) electrons. The summed E-state index contributed by atoms with van der Waals surface area (Å²) < 4.78 is 10.7. The highest BCUT2D eigenvalue weighted by molar-refractivity contribution is 5.62. The molecule has 0 saturated heterocycles. The average molecular weight is 247 g/mol. The molecule has 1 unspecified atom stereocenters. The van der Waals surface area contributed by atoms with Crippen LogP contribution in [0.5, 0.6) is 0 Å². The highest BCUT2D eigenvalue weighted by Gasteiger charge is 2.15. The van der Waals surface area contributed by atoms with Crippen LogP contribution >= 0.6 is 0 Å². The van der Waals surface area contributed by atoms with E-state index in [0.29, 0.717) is 18.3 Å². The third-order valence-electron chi connectivity index (χ3n) is 2.70. The van der Waals surface area contributed by atoms with Crippen molar-refractivity contribution in [1.82, 2.24) is 10.1 Å². The van der Waals surface area contributed by atoms with Gasteiger partial charge in [0.05, 0.1) is 0 Å². The highest BCUT2D eigenvalue weighted by Crippen LogP contribution is 2.25. The summed E-state index contributed by atoms with van der Waals surface area (Å²) in [5.41, 5.74) is 8.34. The van der Waals surface area contributed by atoms with Gasteiger partial charge in [0.2, 0.25) is 5.82 Å². The summed E-state index contributed by atoms with van der Waals surface area (Å²) in [6.45, 7) is 6.41. The van der Waals surface area contributed by atoms with Crippen LogP contribution in [0.25, 0.3) is 11.5 Å². The fourth-order valence-electron chi connectivity index (χ4n) is 1.76. The van der Waals surface area contributed by atoms with Crippen LogP contribution in [0, 0.1) is 6.92 Å². The van der Waals surface area contributed by atoms with Crippen molar-refractivity contribution in [2.75, 3.05) is 12.3 Å². The molecule has 0 aliphatic carbocycles. The smallest absolute Gasteiger partial charge is 0.258 e. The molecule has 0 aliphatic heterocycles. The van der Waals surface area contributed by atoms with E-state index in [1.165, 1.54) is 0 Å². The molecule has 96 valence electrons. The van der Waals surface area contributed by atoms with Gasteiger partial charge in [-0.1, -0.05) is 5.16 Å². The second kappa shape index (κ2) is 5.18. The predicted octanol–water partition coefficient (Wildman–Crippen LogP) is 2.72. The minimum Gasteiger partial charge on any atom is -0.399 e. The van der Waals surface area contributed by atoms with Gasteiger partial charge in [0.15, 0.2) is 0 Å². The Labute approximate surface area is 106 Å². The first-order chi connectivity index (χ1) is 8.61. The number of ether oxygens (including phenoxy) is 1. The summed E-state index contributed by atoms with van der Waals surface area (Å²) in [6.07, 6.45) is -0.165. The van der Waals surface area contributed by atoms with Crippen LogP contribution in [-0.4, -0.2) is 16.7 Å². The van der Waals surface area contributed by atoms with Crippen LogP contribution in [0.3, 0.4) is 0 Å². The summed E-state index contributed by atoms with van der Waals surface area (Å²) >= 11 is 0. The monoisotopic (exact) mass is 247 g/mol. The van der Waals surface area contributed by atoms with E-state index >= 15 is 0 Å². The summed E-state index contributed by atoms with van der Waals surface area (Å²) in [5, 5.41) is 3.93. The molecule has 1 aromatic heterocycles. The quantitative estimate of drug-likeness (QED) is 0.841. The van der Waals surface area contributed by atoms with E-state index in [9.17, 15) is 0 Å². The van der Waals surface area contributed by atoms with Gasteiger partial charge in [0.25, 0.3) is 5.89 Å². The van der Waals surface area contributed by atoms with Crippen LogP contribution in [0.1, 0.15) is 31.3 Å². The molecule has 5 nitrogen and oxygen atoms in total.